The molecule has 2 aliphatic heterocycles. The number of aromatic nitrogens is 4. The van der Waals surface area contributed by atoms with Crippen LogP contribution in [0.3, 0.4) is 0 Å². The van der Waals surface area contributed by atoms with Gasteiger partial charge < -0.3 is 19.9 Å². The molecule has 1 atom stereocenters. The first kappa shape index (κ1) is 17.9. The monoisotopic (exact) mass is 419 g/mol. The summed E-state index contributed by atoms with van der Waals surface area (Å²) in [7, 11) is 0. The number of anilines is 1. The average Bonchev–Trinajstić information content (AvgIpc) is 3.41. The van der Waals surface area contributed by atoms with Crippen LogP contribution in [-0.4, -0.2) is 37.9 Å². The number of fused-ring (bicyclic) bond motifs is 3. The summed E-state index contributed by atoms with van der Waals surface area (Å²) in [5.74, 6) is 1.62. The van der Waals surface area contributed by atoms with E-state index in [2.05, 4.69) is 20.5 Å². The van der Waals surface area contributed by atoms with E-state index < -0.39 is 0 Å². The van der Waals surface area contributed by atoms with Crippen LogP contribution >= 0.6 is 0 Å². The second kappa shape index (κ2) is 6.56. The van der Waals surface area contributed by atoms with Gasteiger partial charge in [-0.05, 0) is 31.2 Å². The van der Waals surface area contributed by atoms with E-state index in [9.17, 15) is 9.50 Å². The van der Waals surface area contributed by atoms with E-state index in [1.165, 1.54) is 12.3 Å². The Labute approximate surface area is 176 Å². The molecule has 0 radical (unpaired) electrons. The number of nitrogens with zero attached hydrogens (tertiary/aromatic N) is 4. The molecule has 0 saturated heterocycles. The van der Waals surface area contributed by atoms with Crippen molar-refractivity contribution in [2.24, 2.45) is 0 Å². The molecule has 1 aromatic carbocycles. The highest BCUT2D eigenvalue weighted by atomic mass is 19.1. The fourth-order valence-corrected chi connectivity index (χ4v) is 4.38. The highest BCUT2D eigenvalue weighted by molar-refractivity contribution is 5.83. The maximum Gasteiger partial charge on any atom is 0.170 e. The first-order chi connectivity index (χ1) is 15.1. The van der Waals surface area contributed by atoms with Crippen LogP contribution in [-0.2, 0) is 6.54 Å². The van der Waals surface area contributed by atoms with Crippen LogP contribution in [0.15, 0.2) is 36.8 Å². The van der Waals surface area contributed by atoms with Gasteiger partial charge in [-0.3, -0.25) is 9.38 Å². The van der Waals surface area contributed by atoms with Crippen molar-refractivity contribution in [3.05, 3.63) is 59.4 Å². The number of rotatable bonds is 1. The van der Waals surface area contributed by atoms with Crippen LogP contribution in [0.25, 0.3) is 16.8 Å². The summed E-state index contributed by atoms with van der Waals surface area (Å²) in [4.78, 5) is 4.25. The van der Waals surface area contributed by atoms with Crippen LogP contribution < -0.4 is 14.8 Å². The Hall–Kier alpha value is -3.88. The molecule has 2 N–H and O–H groups in total. The van der Waals surface area contributed by atoms with Gasteiger partial charge in [0.1, 0.15) is 23.6 Å². The van der Waals surface area contributed by atoms with Crippen molar-refractivity contribution in [2.75, 3.05) is 18.5 Å². The average molecular weight is 419 g/mol. The standard InChI is InChI=1S/C22H18FN5O3/c1-11-14(4-13(29)6-24-11)15-5-19-22(28-10-26-27-21(15)28)25-7-16-17(23)2-3-18-20(16)12(8-30-18)9-31-19/h2-6,10,12,25,29H,7-9H2,1H3/t12-/m0/s1. The van der Waals surface area contributed by atoms with Gasteiger partial charge in [-0.2, -0.15) is 0 Å². The zero-order chi connectivity index (χ0) is 21.1. The number of benzene rings is 1. The predicted molar refractivity (Wildman–Crippen MR) is 110 cm³/mol. The molecule has 9 heteroatoms. The number of ether oxygens (including phenoxy) is 2. The SMILES string of the molecule is Cc1ncc(O)cc1-c1cc2c(n3cnnc13)NCc1c(F)ccc3c1[C@@H](CO3)CO2. The third-order valence-corrected chi connectivity index (χ3v) is 5.88. The molecule has 6 rings (SSSR count). The Bertz CT molecular complexity index is 1350. The van der Waals surface area contributed by atoms with Crippen molar-refractivity contribution >= 4 is 11.5 Å². The van der Waals surface area contributed by atoms with E-state index in [0.717, 1.165) is 22.4 Å². The van der Waals surface area contributed by atoms with Crippen molar-refractivity contribution in [3.8, 4) is 28.4 Å². The number of halogens is 1. The predicted octanol–water partition coefficient (Wildman–Crippen LogP) is 3.42. The van der Waals surface area contributed by atoms with Crippen molar-refractivity contribution in [1.29, 1.82) is 0 Å². The van der Waals surface area contributed by atoms with Crippen LogP contribution in [0.4, 0.5) is 10.2 Å². The highest BCUT2D eigenvalue weighted by Gasteiger charge is 2.31. The van der Waals surface area contributed by atoms with E-state index in [1.54, 1.807) is 22.9 Å². The molecule has 0 unspecified atom stereocenters. The summed E-state index contributed by atoms with van der Waals surface area (Å²) in [6.45, 7) is 2.91. The van der Waals surface area contributed by atoms with Gasteiger partial charge in [-0.25, -0.2) is 4.39 Å². The summed E-state index contributed by atoms with van der Waals surface area (Å²) in [5.41, 5.74) is 4.20. The Morgan fingerprint density at radius 3 is 2.87 bits per heavy atom. The molecule has 2 aliphatic rings. The van der Waals surface area contributed by atoms with Gasteiger partial charge in [0.25, 0.3) is 0 Å². The van der Waals surface area contributed by atoms with Crippen LogP contribution in [0.1, 0.15) is 22.7 Å². The van der Waals surface area contributed by atoms with Crippen LogP contribution in [0, 0.1) is 12.7 Å². The second-order valence-corrected chi connectivity index (χ2v) is 7.73. The molecule has 0 fully saturated rings. The van der Waals surface area contributed by atoms with Crippen molar-refractivity contribution in [1.82, 2.24) is 19.6 Å². The lowest BCUT2D eigenvalue weighted by molar-refractivity contribution is 0.249. The Morgan fingerprint density at radius 1 is 1.16 bits per heavy atom. The lowest BCUT2D eigenvalue weighted by Crippen LogP contribution is -2.13. The van der Waals surface area contributed by atoms with Gasteiger partial charge in [-0.1, -0.05) is 0 Å². The fourth-order valence-electron chi connectivity index (χ4n) is 4.38. The van der Waals surface area contributed by atoms with E-state index in [-0.39, 0.29) is 24.0 Å². The van der Waals surface area contributed by atoms with Gasteiger partial charge in [0, 0.05) is 34.5 Å². The number of aryl methyl sites for hydroxylation is 1. The Morgan fingerprint density at radius 2 is 2.00 bits per heavy atom. The maximum absolute atomic E-state index is 14.7. The van der Waals surface area contributed by atoms with Gasteiger partial charge in [0.15, 0.2) is 17.2 Å². The number of aromatic hydroxyl groups is 1. The van der Waals surface area contributed by atoms with Crippen LogP contribution in [0.2, 0.25) is 0 Å². The van der Waals surface area contributed by atoms with Gasteiger partial charge >= 0.3 is 0 Å². The van der Waals surface area contributed by atoms with Crippen molar-refractivity contribution < 1.29 is 19.0 Å². The van der Waals surface area contributed by atoms with Crippen LogP contribution in [0.5, 0.6) is 17.2 Å². The summed E-state index contributed by atoms with van der Waals surface area (Å²) >= 11 is 0. The third-order valence-electron chi connectivity index (χ3n) is 5.88. The number of hydrogen-bond donors (Lipinski definition) is 2. The minimum atomic E-state index is -0.275. The van der Waals surface area contributed by atoms with Gasteiger partial charge in [0.2, 0.25) is 0 Å². The molecule has 31 heavy (non-hydrogen) atoms. The number of hydrogen-bond acceptors (Lipinski definition) is 7. The van der Waals surface area contributed by atoms with E-state index in [1.807, 2.05) is 13.0 Å². The van der Waals surface area contributed by atoms with E-state index in [4.69, 9.17) is 9.47 Å². The quantitative estimate of drug-likeness (QED) is 0.488. The van der Waals surface area contributed by atoms with Gasteiger partial charge in [-0.15, -0.1) is 10.2 Å². The fraction of sp³-hybridized carbons (Fsp3) is 0.227. The molecule has 0 aliphatic carbocycles. The van der Waals surface area contributed by atoms with Gasteiger partial charge in [0.05, 0.1) is 25.3 Å². The van der Waals surface area contributed by atoms with Crippen molar-refractivity contribution in [2.45, 2.75) is 19.4 Å². The molecular formula is C22H18FN5O3. The molecule has 3 aromatic heterocycles. The first-order valence-electron chi connectivity index (χ1n) is 9.93. The zero-order valence-corrected chi connectivity index (χ0v) is 16.6. The first-order valence-corrected chi connectivity index (χ1v) is 9.93. The molecule has 8 nitrogen and oxygen atoms in total. The largest absolute Gasteiger partial charge is 0.506 e. The van der Waals surface area contributed by atoms with Crippen molar-refractivity contribution in [3.63, 3.8) is 0 Å². The number of nitrogens with one attached hydrogen (secondary N) is 1. The Kier molecular flexibility index (Phi) is 3.80. The highest BCUT2D eigenvalue weighted by Crippen LogP contribution is 2.42. The summed E-state index contributed by atoms with van der Waals surface area (Å²) in [6.07, 6.45) is 2.98. The molecular weight excluding hydrogens is 401 g/mol. The minimum absolute atomic E-state index is 0.0578. The lowest BCUT2D eigenvalue weighted by Gasteiger charge is -2.17. The molecule has 5 heterocycles. The smallest absolute Gasteiger partial charge is 0.170 e. The Balaban J connectivity index is 1.54. The normalized spacial score (nSPS) is 16.9. The maximum atomic E-state index is 14.7. The minimum Gasteiger partial charge on any atom is -0.506 e. The lowest BCUT2D eigenvalue weighted by atomic mass is 9.96. The molecule has 0 bridgehead atoms. The molecule has 4 aromatic rings. The molecule has 0 saturated carbocycles. The number of pyridine rings is 2. The molecule has 0 spiro atoms. The van der Waals surface area contributed by atoms with E-state index >= 15 is 0 Å². The third kappa shape index (κ3) is 2.69. The summed E-state index contributed by atoms with van der Waals surface area (Å²) in [6, 6.07) is 6.61. The topological polar surface area (TPSA) is 93.8 Å². The molecule has 156 valence electrons. The zero-order valence-electron chi connectivity index (χ0n) is 16.6. The molecule has 0 amide bonds. The summed E-state index contributed by atoms with van der Waals surface area (Å²) < 4.78 is 28.5. The van der Waals surface area contributed by atoms with E-state index in [0.29, 0.717) is 41.7 Å². The summed E-state index contributed by atoms with van der Waals surface area (Å²) in [5, 5.41) is 21.6. The second-order valence-electron chi connectivity index (χ2n) is 7.73.